The number of hydrogen-bond donors (Lipinski definition) is 1. The number of hydrogen-bond acceptors (Lipinski definition) is 4. The molecule has 0 aliphatic rings. The molecule has 2 N–H and O–H groups in total. The molecule has 0 radical (unpaired) electrons. The standard InChI is InChI=1S/C16H12FN3O/c17-12-2-1-3-14(6-12)21-16-7-13(18)4-5-15(16)11-8-19-10-20-9-11/h1-10H,18H2. The third-order valence-electron chi connectivity index (χ3n) is 2.90. The van der Waals surface area contributed by atoms with Crippen molar-refractivity contribution in [2.45, 2.75) is 0 Å². The predicted molar refractivity (Wildman–Crippen MR) is 78.4 cm³/mol. The van der Waals surface area contributed by atoms with Gasteiger partial charge >= 0.3 is 0 Å². The van der Waals surface area contributed by atoms with Crippen LogP contribution in [-0.2, 0) is 0 Å². The van der Waals surface area contributed by atoms with Gasteiger partial charge in [0.05, 0.1) is 0 Å². The molecule has 21 heavy (non-hydrogen) atoms. The normalized spacial score (nSPS) is 10.3. The van der Waals surface area contributed by atoms with Crippen LogP contribution in [0.15, 0.2) is 61.2 Å². The first-order valence-electron chi connectivity index (χ1n) is 6.31. The molecule has 0 aliphatic heterocycles. The van der Waals surface area contributed by atoms with Crippen LogP contribution in [0, 0.1) is 5.82 Å². The van der Waals surface area contributed by atoms with Gasteiger partial charge in [-0.25, -0.2) is 14.4 Å². The van der Waals surface area contributed by atoms with Gasteiger partial charge < -0.3 is 10.5 Å². The van der Waals surface area contributed by atoms with Crippen LogP contribution in [0.2, 0.25) is 0 Å². The fourth-order valence-corrected chi connectivity index (χ4v) is 1.96. The Morgan fingerprint density at radius 2 is 1.81 bits per heavy atom. The zero-order valence-electron chi connectivity index (χ0n) is 11.0. The molecule has 3 rings (SSSR count). The number of halogens is 1. The molecule has 0 unspecified atom stereocenters. The summed E-state index contributed by atoms with van der Waals surface area (Å²) in [4.78, 5) is 7.98. The minimum Gasteiger partial charge on any atom is -0.457 e. The maximum absolute atomic E-state index is 13.2. The zero-order valence-corrected chi connectivity index (χ0v) is 11.0. The molecular weight excluding hydrogens is 269 g/mol. The monoisotopic (exact) mass is 281 g/mol. The lowest BCUT2D eigenvalue weighted by Crippen LogP contribution is -1.93. The van der Waals surface area contributed by atoms with Gasteiger partial charge in [-0.05, 0) is 24.3 Å². The molecule has 5 heteroatoms. The number of ether oxygens (including phenoxy) is 1. The number of nitrogen functional groups attached to an aromatic ring is 1. The Bertz CT molecular complexity index is 762. The zero-order chi connectivity index (χ0) is 14.7. The summed E-state index contributed by atoms with van der Waals surface area (Å²) in [5, 5.41) is 0. The van der Waals surface area contributed by atoms with E-state index in [2.05, 4.69) is 9.97 Å². The molecule has 1 aromatic heterocycles. The topological polar surface area (TPSA) is 61.0 Å². The number of rotatable bonds is 3. The Morgan fingerprint density at radius 3 is 2.57 bits per heavy atom. The van der Waals surface area contributed by atoms with E-state index >= 15 is 0 Å². The van der Waals surface area contributed by atoms with Crippen LogP contribution in [0.5, 0.6) is 11.5 Å². The lowest BCUT2D eigenvalue weighted by molar-refractivity contribution is 0.478. The van der Waals surface area contributed by atoms with Crippen molar-refractivity contribution in [1.82, 2.24) is 9.97 Å². The highest BCUT2D eigenvalue weighted by Gasteiger charge is 2.09. The SMILES string of the molecule is Nc1ccc(-c2cncnc2)c(Oc2cccc(F)c2)c1. The minimum absolute atomic E-state index is 0.360. The molecule has 0 saturated carbocycles. The van der Waals surface area contributed by atoms with Crippen LogP contribution in [0.1, 0.15) is 0 Å². The average Bonchev–Trinajstić information content (AvgIpc) is 2.48. The fourth-order valence-electron chi connectivity index (χ4n) is 1.96. The van der Waals surface area contributed by atoms with Gasteiger partial charge in [0, 0.05) is 41.3 Å². The highest BCUT2D eigenvalue weighted by Crippen LogP contribution is 2.34. The second-order valence-electron chi connectivity index (χ2n) is 4.44. The summed E-state index contributed by atoms with van der Waals surface area (Å²) >= 11 is 0. The van der Waals surface area contributed by atoms with Crippen molar-refractivity contribution in [3.05, 3.63) is 67.0 Å². The van der Waals surface area contributed by atoms with E-state index in [1.54, 1.807) is 36.7 Å². The minimum atomic E-state index is -0.360. The molecule has 0 fully saturated rings. The largest absolute Gasteiger partial charge is 0.457 e. The van der Waals surface area contributed by atoms with Gasteiger partial charge in [-0.3, -0.25) is 0 Å². The third kappa shape index (κ3) is 2.97. The van der Waals surface area contributed by atoms with E-state index in [-0.39, 0.29) is 5.82 Å². The lowest BCUT2D eigenvalue weighted by atomic mass is 10.1. The Labute approximate surface area is 121 Å². The summed E-state index contributed by atoms with van der Waals surface area (Å²) in [6.45, 7) is 0. The predicted octanol–water partition coefficient (Wildman–Crippen LogP) is 3.66. The number of aromatic nitrogens is 2. The van der Waals surface area contributed by atoms with Crippen LogP contribution < -0.4 is 10.5 Å². The van der Waals surface area contributed by atoms with Gasteiger partial charge in [0.15, 0.2) is 0 Å². The van der Waals surface area contributed by atoms with Crippen molar-refractivity contribution in [3.8, 4) is 22.6 Å². The van der Waals surface area contributed by atoms with Gasteiger partial charge in [0.1, 0.15) is 23.6 Å². The van der Waals surface area contributed by atoms with Crippen LogP contribution in [0.4, 0.5) is 10.1 Å². The number of benzene rings is 2. The summed E-state index contributed by atoms with van der Waals surface area (Å²) in [5.74, 6) is 0.565. The van der Waals surface area contributed by atoms with Gasteiger partial charge in [0.25, 0.3) is 0 Å². The molecule has 0 aliphatic carbocycles. The molecule has 0 bridgehead atoms. The molecule has 0 amide bonds. The summed E-state index contributed by atoms with van der Waals surface area (Å²) < 4.78 is 19.0. The third-order valence-corrected chi connectivity index (χ3v) is 2.90. The molecule has 1 heterocycles. The molecule has 0 spiro atoms. The lowest BCUT2D eigenvalue weighted by Gasteiger charge is -2.12. The first-order chi connectivity index (χ1) is 10.2. The molecule has 4 nitrogen and oxygen atoms in total. The summed E-state index contributed by atoms with van der Waals surface area (Å²) in [6, 6.07) is 11.2. The van der Waals surface area contributed by atoms with Crippen molar-refractivity contribution in [2.24, 2.45) is 0 Å². The van der Waals surface area contributed by atoms with Crippen molar-refractivity contribution < 1.29 is 9.13 Å². The number of nitrogens with zero attached hydrogens (tertiary/aromatic N) is 2. The van der Waals surface area contributed by atoms with E-state index in [0.717, 1.165) is 11.1 Å². The number of nitrogens with two attached hydrogens (primary N) is 1. The summed E-state index contributed by atoms with van der Waals surface area (Å²) in [7, 11) is 0. The molecule has 104 valence electrons. The van der Waals surface area contributed by atoms with Crippen LogP contribution in [0.25, 0.3) is 11.1 Å². The van der Waals surface area contributed by atoms with Crippen LogP contribution >= 0.6 is 0 Å². The van der Waals surface area contributed by atoms with Gasteiger partial charge in [-0.15, -0.1) is 0 Å². The van der Waals surface area contributed by atoms with Gasteiger partial charge in [-0.2, -0.15) is 0 Å². The smallest absolute Gasteiger partial charge is 0.137 e. The first-order valence-corrected chi connectivity index (χ1v) is 6.31. The van der Waals surface area contributed by atoms with Crippen LogP contribution in [0.3, 0.4) is 0 Å². The van der Waals surface area contributed by atoms with E-state index in [0.29, 0.717) is 17.2 Å². The van der Waals surface area contributed by atoms with E-state index in [1.165, 1.54) is 18.5 Å². The van der Waals surface area contributed by atoms with E-state index < -0.39 is 0 Å². The Balaban J connectivity index is 2.03. The van der Waals surface area contributed by atoms with E-state index in [4.69, 9.17) is 10.5 Å². The average molecular weight is 281 g/mol. The second-order valence-corrected chi connectivity index (χ2v) is 4.44. The first kappa shape index (κ1) is 13.1. The van der Waals surface area contributed by atoms with Gasteiger partial charge in [0.2, 0.25) is 0 Å². The Kier molecular flexibility index (Phi) is 3.47. The van der Waals surface area contributed by atoms with Crippen LogP contribution in [-0.4, -0.2) is 9.97 Å². The molecule has 0 atom stereocenters. The summed E-state index contributed by atoms with van der Waals surface area (Å²) in [5.41, 5.74) is 7.94. The maximum atomic E-state index is 13.2. The highest BCUT2D eigenvalue weighted by molar-refractivity contribution is 5.72. The second kappa shape index (κ2) is 5.58. The molecule has 0 saturated heterocycles. The fraction of sp³-hybridized carbons (Fsp3) is 0. The molecule has 2 aromatic carbocycles. The Hall–Kier alpha value is -2.95. The van der Waals surface area contributed by atoms with Gasteiger partial charge in [-0.1, -0.05) is 6.07 Å². The van der Waals surface area contributed by atoms with Crippen molar-refractivity contribution in [3.63, 3.8) is 0 Å². The maximum Gasteiger partial charge on any atom is 0.137 e. The Morgan fingerprint density at radius 1 is 1.00 bits per heavy atom. The van der Waals surface area contributed by atoms with Crippen molar-refractivity contribution >= 4 is 5.69 Å². The van der Waals surface area contributed by atoms with Crippen molar-refractivity contribution in [1.29, 1.82) is 0 Å². The van der Waals surface area contributed by atoms with E-state index in [1.807, 2.05) is 6.07 Å². The quantitative estimate of drug-likeness (QED) is 0.744. The summed E-state index contributed by atoms with van der Waals surface area (Å²) in [6.07, 6.45) is 4.81. The van der Waals surface area contributed by atoms with E-state index in [9.17, 15) is 4.39 Å². The highest BCUT2D eigenvalue weighted by atomic mass is 19.1. The molecule has 3 aromatic rings. The number of anilines is 1. The molecular formula is C16H12FN3O. The van der Waals surface area contributed by atoms with Crippen molar-refractivity contribution in [2.75, 3.05) is 5.73 Å².